The van der Waals surface area contributed by atoms with E-state index < -0.39 is 6.03 Å². The number of rotatable bonds is 3. The van der Waals surface area contributed by atoms with Crippen LogP contribution in [-0.4, -0.2) is 16.2 Å². The molecule has 3 aromatic rings. The Hall–Kier alpha value is -2.80. The number of halogens is 1. The average Bonchev–Trinajstić information content (AvgIpc) is 2.98. The first-order chi connectivity index (χ1) is 11.1. The van der Waals surface area contributed by atoms with E-state index in [-0.39, 0.29) is 5.82 Å². The van der Waals surface area contributed by atoms with Gasteiger partial charge in [0.15, 0.2) is 0 Å². The summed E-state index contributed by atoms with van der Waals surface area (Å²) in [5, 5.41) is 14.2. The maximum absolute atomic E-state index is 12.9. The average molecular weight is 328 g/mol. The van der Waals surface area contributed by atoms with Crippen molar-refractivity contribution >= 4 is 28.2 Å². The summed E-state index contributed by atoms with van der Waals surface area (Å²) < 4.78 is 12.9. The smallest absolute Gasteiger partial charge is 0.308 e. The third kappa shape index (κ3) is 3.89. The molecule has 0 aliphatic carbocycles. The molecule has 0 bridgehead atoms. The highest BCUT2D eigenvalue weighted by Crippen LogP contribution is 2.26. The van der Waals surface area contributed by atoms with E-state index in [0.717, 1.165) is 11.1 Å². The number of aryl methyl sites for hydroxylation is 1. The van der Waals surface area contributed by atoms with Crippen LogP contribution in [0.25, 0.3) is 10.6 Å². The molecule has 1 heterocycles. The Balaban J connectivity index is 1.65. The number of carbonyl (C=O) groups is 1. The van der Waals surface area contributed by atoms with E-state index in [9.17, 15) is 9.18 Å². The van der Waals surface area contributed by atoms with Crippen LogP contribution in [0.2, 0.25) is 0 Å². The molecule has 23 heavy (non-hydrogen) atoms. The van der Waals surface area contributed by atoms with Crippen molar-refractivity contribution in [2.24, 2.45) is 0 Å². The molecule has 0 aliphatic rings. The van der Waals surface area contributed by atoms with Crippen molar-refractivity contribution < 1.29 is 9.18 Å². The summed E-state index contributed by atoms with van der Waals surface area (Å²) in [5.74, 6) is -0.311. The monoisotopic (exact) mass is 328 g/mol. The number of carbonyl (C=O) groups excluding carboxylic acids is 1. The Bertz CT molecular complexity index is 815. The molecule has 0 fully saturated rings. The zero-order chi connectivity index (χ0) is 16.2. The van der Waals surface area contributed by atoms with Gasteiger partial charge in [-0.3, -0.25) is 5.32 Å². The SMILES string of the molecule is Cc1ccc(NC(=O)Nc2nnc(-c3ccc(F)cc3)s2)cc1. The molecule has 0 atom stereocenters. The van der Waals surface area contributed by atoms with Gasteiger partial charge in [0.05, 0.1) is 0 Å². The number of benzene rings is 2. The lowest BCUT2D eigenvalue weighted by atomic mass is 10.2. The van der Waals surface area contributed by atoms with Gasteiger partial charge in [-0.1, -0.05) is 29.0 Å². The van der Waals surface area contributed by atoms with E-state index >= 15 is 0 Å². The maximum atomic E-state index is 12.9. The molecule has 7 heteroatoms. The molecule has 2 amide bonds. The van der Waals surface area contributed by atoms with Crippen LogP contribution in [0.15, 0.2) is 48.5 Å². The minimum Gasteiger partial charge on any atom is -0.308 e. The molecule has 0 spiro atoms. The molecule has 0 radical (unpaired) electrons. The molecule has 3 rings (SSSR count). The first-order valence-corrected chi connectivity index (χ1v) is 7.66. The van der Waals surface area contributed by atoms with Crippen molar-refractivity contribution in [1.82, 2.24) is 10.2 Å². The van der Waals surface area contributed by atoms with Gasteiger partial charge in [0, 0.05) is 11.3 Å². The van der Waals surface area contributed by atoms with Gasteiger partial charge in [-0.25, -0.2) is 9.18 Å². The Morgan fingerprint density at radius 1 is 1.00 bits per heavy atom. The van der Waals surface area contributed by atoms with Crippen LogP contribution in [0.5, 0.6) is 0 Å². The van der Waals surface area contributed by atoms with E-state index in [0.29, 0.717) is 15.8 Å². The van der Waals surface area contributed by atoms with E-state index in [2.05, 4.69) is 20.8 Å². The van der Waals surface area contributed by atoms with Crippen LogP contribution >= 0.6 is 11.3 Å². The zero-order valence-corrected chi connectivity index (χ0v) is 13.0. The van der Waals surface area contributed by atoms with Gasteiger partial charge >= 0.3 is 6.03 Å². The third-order valence-corrected chi connectivity index (χ3v) is 3.93. The van der Waals surface area contributed by atoms with Crippen molar-refractivity contribution in [1.29, 1.82) is 0 Å². The molecular weight excluding hydrogens is 315 g/mol. The molecular formula is C16H13FN4OS. The highest BCUT2D eigenvalue weighted by Gasteiger charge is 2.10. The van der Waals surface area contributed by atoms with E-state index in [4.69, 9.17) is 0 Å². The first-order valence-electron chi connectivity index (χ1n) is 6.84. The molecule has 2 N–H and O–H groups in total. The topological polar surface area (TPSA) is 66.9 Å². The van der Waals surface area contributed by atoms with Gasteiger partial charge in [0.25, 0.3) is 0 Å². The van der Waals surface area contributed by atoms with Gasteiger partial charge in [-0.05, 0) is 43.3 Å². The summed E-state index contributed by atoms with van der Waals surface area (Å²) in [6.45, 7) is 1.97. The number of hydrogen-bond acceptors (Lipinski definition) is 4. The Morgan fingerprint density at radius 3 is 2.39 bits per heavy atom. The Kier molecular flexibility index (Phi) is 4.29. The lowest BCUT2D eigenvalue weighted by Crippen LogP contribution is -2.19. The van der Waals surface area contributed by atoms with Gasteiger partial charge in [-0.15, -0.1) is 10.2 Å². The fourth-order valence-corrected chi connectivity index (χ4v) is 2.62. The third-order valence-electron chi connectivity index (χ3n) is 3.05. The van der Waals surface area contributed by atoms with E-state index in [1.165, 1.54) is 23.5 Å². The Morgan fingerprint density at radius 2 is 1.70 bits per heavy atom. The van der Waals surface area contributed by atoms with Crippen molar-refractivity contribution in [3.8, 4) is 10.6 Å². The summed E-state index contributed by atoms with van der Waals surface area (Å²) >= 11 is 1.22. The van der Waals surface area contributed by atoms with Crippen molar-refractivity contribution in [2.45, 2.75) is 6.92 Å². The largest absolute Gasteiger partial charge is 0.325 e. The summed E-state index contributed by atoms with van der Waals surface area (Å²) in [6, 6.07) is 13.0. The molecule has 0 saturated carbocycles. The first kappa shape index (κ1) is 15.1. The fourth-order valence-electron chi connectivity index (χ4n) is 1.88. The number of hydrogen-bond donors (Lipinski definition) is 2. The quantitative estimate of drug-likeness (QED) is 0.753. The second kappa shape index (κ2) is 6.53. The summed E-state index contributed by atoms with van der Waals surface area (Å²) in [7, 11) is 0. The van der Waals surface area contributed by atoms with Crippen molar-refractivity contribution in [2.75, 3.05) is 10.6 Å². The van der Waals surface area contributed by atoms with Crippen LogP contribution in [0, 0.1) is 12.7 Å². The molecule has 116 valence electrons. The summed E-state index contributed by atoms with van der Waals surface area (Å²) in [6.07, 6.45) is 0. The van der Waals surface area contributed by atoms with Crippen LogP contribution in [0.4, 0.5) is 20.0 Å². The predicted molar refractivity (Wildman–Crippen MR) is 89.1 cm³/mol. The van der Waals surface area contributed by atoms with Gasteiger partial charge in [-0.2, -0.15) is 0 Å². The number of amides is 2. The summed E-state index contributed by atoms with van der Waals surface area (Å²) in [4.78, 5) is 11.9. The lowest BCUT2D eigenvalue weighted by molar-refractivity contribution is 0.262. The fraction of sp³-hybridized carbons (Fsp3) is 0.0625. The van der Waals surface area contributed by atoms with Gasteiger partial charge in [0.2, 0.25) is 5.13 Å². The van der Waals surface area contributed by atoms with Crippen LogP contribution in [0.3, 0.4) is 0 Å². The highest BCUT2D eigenvalue weighted by molar-refractivity contribution is 7.18. The second-order valence-corrected chi connectivity index (χ2v) is 5.84. The molecule has 0 aliphatic heterocycles. The molecule has 1 aromatic heterocycles. The van der Waals surface area contributed by atoms with Crippen molar-refractivity contribution in [3.05, 3.63) is 59.9 Å². The number of nitrogens with zero attached hydrogens (tertiary/aromatic N) is 2. The van der Waals surface area contributed by atoms with E-state index in [1.54, 1.807) is 12.1 Å². The maximum Gasteiger partial charge on any atom is 0.325 e. The second-order valence-electron chi connectivity index (χ2n) is 4.86. The number of anilines is 2. The molecule has 2 aromatic carbocycles. The normalized spacial score (nSPS) is 10.3. The Labute approximate surface area is 136 Å². The molecule has 0 saturated heterocycles. The van der Waals surface area contributed by atoms with Crippen LogP contribution in [-0.2, 0) is 0 Å². The minimum atomic E-state index is -0.393. The van der Waals surface area contributed by atoms with E-state index in [1.807, 2.05) is 31.2 Å². The van der Waals surface area contributed by atoms with Crippen LogP contribution in [0.1, 0.15) is 5.56 Å². The standard InChI is InChI=1S/C16H13FN4OS/c1-10-2-8-13(9-3-10)18-15(22)19-16-21-20-14(23-16)11-4-6-12(17)7-5-11/h2-9H,1H3,(H2,18,19,21,22). The minimum absolute atomic E-state index is 0.311. The summed E-state index contributed by atoms with van der Waals surface area (Å²) in [5.41, 5.74) is 2.55. The lowest BCUT2D eigenvalue weighted by Gasteiger charge is -2.04. The number of urea groups is 1. The highest BCUT2D eigenvalue weighted by atomic mass is 32.1. The van der Waals surface area contributed by atoms with Crippen LogP contribution < -0.4 is 10.6 Å². The van der Waals surface area contributed by atoms with Crippen molar-refractivity contribution in [3.63, 3.8) is 0 Å². The van der Waals surface area contributed by atoms with Gasteiger partial charge < -0.3 is 5.32 Å². The number of nitrogens with one attached hydrogen (secondary N) is 2. The zero-order valence-electron chi connectivity index (χ0n) is 12.2. The predicted octanol–water partition coefficient (Wildman–Crippen LogP) is 4.30. The van der Waals surface area contributed by atoms with Gasteiger partial charge in [0.1, 0.15) is 10.8 Å². The number of aromatic nitrogens is 2. The molecule has 0 unspecified atom stereocenters. The molecule has 5 nitrogen and oxygen atoms in total.